The minimum Gasteiger partial charge on any atom is -0.484 e. The summed E-state index contributed by atoms with van der Waals surface area (Å²) >= 11 is 0. The first-order valence-electron chi connectivity index (χ1n) is 8.52. The first kappa shape index (κ1) is 16.7. The summed E-state index contributed by atoms with van der Waals surface area (Å²) in [5, 5.41) is 3.43. The third-order valence-electron chi connectivity index (χ3n) is 4.31. The van der Waals surface area contributed by atoms with Gasteiger partial charge in [0.25, 0.3) is 5.88 Å². The van der Waals surface area contributed by atoms with Crippen LogP contribution in [0.25, 0.3) is 0 Å². The van der Waals surface area contributed by atoms with Crippen molar-refractivity contribution in [3.8, 4) is 17.4 Å². The summed E-state index contributed by atoms with van der Waals surface area (Å²) in [5.41, 5.74) is 0. The zero-order valence-corrected chi connectivity index (χ0v) is 13.9. The minimum absolute atomic E-state index is 0.123. The van der Waals surface area contributed by atoms with Crippen LogP contribution < -0.4 is 14.8 Å². The molecule has 1 aromatic heterocycles. The maximum atomic E-state index is 13.0. The Kier molecular flexibility index (Phi) is 5.64. The predicted molar refractivity (Wildman–Crippen MR) is 91.0 cm³/mol. The third kappa shape index (κ3) is 4.23. The first-order valence-corrected chi connectivity index (χ1v) is 8.52. The SMILES string of the molecule is CC[C@H](Oc1cccnc1Oc1ccc(F)cc1)[C@H]1CCCNC1. The van der Waals surface area contributed by atoms with E-state index in [1.165, 1.54) is 25.0 Å². The van der Waals surface area contributed by atoms with Crippen molar-refractivity contribution < 1.29 is 13.9 Å². The van der Waals surface area contributed by atoms with E-state index in [0.717, 1.165) is 19.5 Å². The fourth-order valence-electron chi connectivity index (χ4n) is 3.03. The van der Waals surface area contributed by atoms with Crippen molar-refractivity contribution in [3.63, 3.8) is 0 Å². The predicted octanol–water partition coefficient (Wildman–Crippen LogP) is 4.17. The smallest absolute Gasteiger partial charge is 0.262 e. The maximum absolute atomic E-state index is 13.0. The number of aromatic nitrogens is 1. The van der Waals surface area contributed by atoms with E-state index < -0.39 is 0 Å². The van der Waals surface area contributed by atoms with Gasteiger partial charge in [-0.3, -0.25) is 0 Å². The summed E-state index contributed by atoms with van der Waals surface area (Å²) in [4.78, 5) is 4.27. The molecule has 0 radical (unpaired) electrons. The Labute approximate surface area is 142 Å². The molecule has 1 aliphatic heterocycles. The number of benzene rings is 1. The molecule has 0 amide bonds. The summed E-state index contributed by atoms with van der Waals surface area (Å²) in [5.74, 6) is 1.76. The van der Waals surface area contributed by atoms with Crippen LogP contribution in [0.1, 0.15) is 26.2 Å². The van der Waals surface area contributed by atoms with Crippen LogP contribution >= 0.6 is 0 Å². The van der Waals surface area contributed by atoms with Crippen LogP contribution in [0.15, 0.2) is 42.6 Å². The molecule has 4 nitrogen and oxygen atoms in total. The average molecular weight is 330 g/mol. The molecule has 1 N–H and O–H groups in total. The zero-order chi connectivity index (χ0) is 16.8. The molecule has 1 saturated heterocycles. The van der Waals surface area contributed by atoms with Gasteiger partial charge in [-0.15, -0.1) is 0 Å². The van der Waals surface area contributed by atoms with Crippen LogP contribution in [-0.2, 0) is 0 Å². The topological polar surface area (TPSA) is 43.4 Å². The Morgan fingerprint density at radius 1 is 1.29 bits per heavy atom. The van der Waals surface area contributed by atoms with E-state index in [1.807, 2.05) is 12.1 Å². The summed E-state index contributed by atoms with van der Waals surface area (Å²) in [6.45, 7) is 4.20. The number of ether oxygens (including phenoxy) is 2. The molecule has 0 unspecified atom stereocenters. The van der Waals surface area contributed by atoms with Gasteiger partial charge in [-0.05, 0) is 62.2 Å². The molecule has 3 rings (SSSR count). The number of nitrogens with zero attached hydrogens (tertiary/aromatic N) is 1. The van der Waals surface area contributed by atoms with Gasteiger partial charge < -0.3 is 14.8 Å². The standard InChI is InChI=1S/C19H23FN2O2/c1-2-17(14-5-3-11-21-13-14)24-18-6-4-12-22-19(18)23-16-9-7-15(20)8-10-16/h4,6-10,12,14,17,21H,2-3,5,11,13H2,1H3/t14-,17-/m0/s1. The van der Waals surface area contributed by atoms with E-state index in [1.54, 1.807) is 18.3 Å². The van der Waals surface area contributed by atoms with Crippen molar-refractivity contribution in [3.05, 3.63) is 48.4 Å². The number of piperidine rings is 1. The van der Waals surface area contributed by atoms with Gasteiger partial charge in [0.05, 0.1) is 0 Å². The summed E-state index contributed by atoms with van der Waals surface area (Å²) in [7, 11) is 0. The Morgan fingerprint density at radius 2 is 2.12 bits per heavy atom. The summed E-state index contributed by atoms with van der Waals surface area (Å²) in [6.07, 6.45) is 5.06. The summed E-state index contributed by atoms with van der Waals surface area (Å²) < 4.78 is 25.0. The van der Waals surface area contributed by atoms with Gasteiger partial charge >= 0.3 is 0 Å². The van der Waals surface area contributed by atoms with Gasteiger partial charge in [0.1, 0.15) is 17.7 Å². The summed E-state index contributed by atoms with van der Waals surface area (Å²) in [6, 6.07) is 9.58. The van der Waals surface area contributed by atoms with Crippen LogP contribution in [0, 0.1) is 11.7 Å². The lowest BCUT2D eigenvalue weighted by Crippen LogP contribution is -2.39. The second kappa shape index (κ2) is 8.11. The molecule has 128 valence electrons. The van der Waals surface area contributed by atoms with Crippen LogP contribution in [0.2, 0.25) is 0 Å². The molecule has 1 fully saturated rings. The van der Waals surface area contributed by atoms with Gasteiger partial charge in [0.2, 0.25) is 0 Å². The molecule has 1 aliphatic rings. The Hall–Kier alpha value is -2.14. The van der Waals surface area contributed by atoms with Gasteiger partial charge in [-0.25, -0.2) is 9.37 Å². The van der Waals surface area contributed by atoms with Gasteiger partial charge in [-0.1, -0.05) is 6.92 Å². The molecule has 5 heteroatoms. The minimum atomic E-state index is -0.296. The monoisotopic (exact) mass is 330 g/mol. The van der Waals surface area contributed by atoms with Crippen LogP contribution in [-0.4, -0.2) is 24.2 Å². The lowest BCUT2D eigenvalue weighted by molar-refractivity contribution is 0.108. The lowest BCUT2D eigenvalue weighted by atomic mass is 9.92. The third-order valence-corrected chi connectivity index (χ3v) is 4.31. The number of halogens is 1. The lowest BCUT2D eigenvalue weighted by Gasteiger charge is -2.30. The molecule has 24 heavy (non-hydrogen) atoms. The fraction of sp³-hybridized carbons (Fsp3) is 0.421. The number of rotatable bonds is 6. The highest BCUT2D eigenvalue weighted by atomic mass is 19.1. The molecule has 0 saturated carbocycles. The highest BCUT2D eigenvalue weighted by Gasteiger charge is 2.25. The molecule has 0 bridgehead atoms. The molecule has 1 aromatic carbocycles. The Bertz CT molecular complexity index is 642. The van der Waals surface area contributed by atoms with Crippen molar-refractivity contribution in [2.24, 2.45) is 5.92 Å². The van der Waals surface area contributed by atoms with E-state index in [0.29, 0.717) is 23.3 Å². The van der Waals surface area contributed by atoms with Crippen molar-refractivity contribution in [2.45, 2.75) is 32.3 Å². The number of hydrogen-bond donors (Lipinski definition) is 1. The quantitative estimate of drug-likeness (QED) is 0.863. The second-order valence-corrected chi connectivity index (χ2v) is 6.03. The van der Waals surface area contributed by atoms with Crippen LogP contribution in [0.4, 0.5) is 4.39 Å². The Morgan fingerprint density at radius 3 is 2.83 bits per heavy atom. The van der Waals surface area contributed by atoms with Crippen molar-refractivity contribution in [2.75, 3.05) is 13.1 Å². The molecule has 0 aliphatic carbocycles. The van der Waals surface area contributed by atoms with E-state index in [9.17, 15) is 4.39 Å². The molecular formula is C19H23FN2O2. The second-order valence-electron chi connectivity index (χ2n) is 6.03. The van der Waals surface area contributed by atoms with Gasteiger partial charge in [0, 0.05) is 18.7 Å². The Balaban J connectivity index is 1.74. The van der Waals surface area contributed by atoms with E-state index in [2.05, 4.69) is 17.2 Å². The molecule has 2 atom stereocenters. The molecule has 0 spiro atoms. The van der Waals surface area contributed by atoms with E-state index in [-0.39, 0.29) is 11.9 Å². The van der Waals surface area contributed by atoms with Gasteiger partial charge in [-0.2, -0.15) is 0 Å². The van der Waals surface area contributed by atoms with E-state index in [4.69, 9.17) is 9.47 Å². The highest BCUT2D eigenvalue weighted by molar-refractivity contribution is 5.37. The van der Waals surface area contributed by atoms with Crippen LogP contribution in [0.3, 0.4) is 0 Å². The molecule has 2 aromatic rings. The van der Waals surface area contributed by atoms with Gasteiger partial charge in [0.15, 0.2) is 5.75 Å². The average Bonchev–Trinajstić information content (AvgIpc) is 2.63. The normalized spacial score (nSPS) is 18.8. The van der Waals surface area contributed by atoms with Crippen molar-refractivity contribution >= 4 is 0 Å². The molecular weight excluding hydrogens is 307 g/mol. The maximum Gasteiger partial charge on any atom is 0.262 e. The van der Waals surface area contributed by atoms with Crippen molar-refractivity contribution in [1.82, 2.24) is 10.3 Å². The van der Waals surface area contributed by atoms with E-state index >= 15 is 0 Å². The van der Waals surface area contributed by atoms with Crippen LogP contribution in [0.5, 0.6) is 17.4 Å². The number of pyridine rings is 1. The van der Waals surface area contributed by atoms with Crippen molar-refractivity contribution in [1.29, 1.82) is 0 Å². The number of hydrogen-bond acceptors (Lipinski definition) is 4. The fourth-order valence-corrected chi connectivity index (χ4v) is 3.03. The zero-order valence-electron chi connectivity index (χ0n) is 13.9. The number of nitrogens with one attached hydrogen (secondary N) is 1. The highest BCUT2D eigenvalue weighted by Crippen LogP contribution is 2.32. The first-order chi connectivity index (χ1) is 11.8. The molecule has 2 heterocycles. The largest absolute Gasteiger partial charge is 0.484 e.